The van der Waals surface area contributed by atoms with E-state index in [9.17, 15) is 4.79 Å². The fourth-order valence-electron chi connectivity index (χ4n) is 1.97. The predicted molar refractivity (Wildman–Crippen MR) is 41.1 cm³/mol. The molecular weight excluding hydrogens is 140 g/mol. The molecule has 2 rings (SSSR count). The Kier molecular flexibility index (Phi) is 1.34. The Morgan fingerprint density at radius 2 is 2.36 bits per heavy atom. The van der Waals surface area contributed by atoms with Crippen LogP contribution in [0.15, 0.2) is 23.8 Å². The molecule has 0 aromatic heterocycles. The van der Waals surface area contributed by atoms with Gasteiger partial charge in [0.2, 0.25) is 0 Å². The van der Waals surface area contributed by atoms with E-state index in [0.717, 1.165) is 12.8 Å². The summed E-state index contributed by atoms with van der Waals surface area (Å²) < 4.78 is 0. The zero-order chi connectivity index (χ0) is 7.84. The second-order valence-corrected chi connectivity index (χ2v) is 3.13. The molecular formula is C9H10O2. The third kappa shape index (κ3) is 0.897. The summed E-state index contributed by atoms with van der Waals surface area (Å²) in [4.78, 5) is 10.6. The van der Waals surface area contributed by atoms with Crippen molar-refractivity contribution in [2.75, 3.05) is 0 Å². The van der Waals surface area contributed by atoms with Gasteiger partial charge in [-0.25, -0.2) is 4.79 Å². The predicted octanol–water partition coefficient (Wildman–Crippen LogP) is 1.59. The number of aliphatic carboxylic acids is 1. The Balaban J connectivity index is 2.21. The fourth-order valence-corrected chi connectivity index (χ4v) is 1.97. The van der Waals surface area contributed by atoms with Gasteiger partial charge in [-0.15, -0.1) is 0 Å². The molecule has 2 atom stereocenters. The molecule has 0 saturated carbocycles. The molecule has 2 aliphatic carbocycles. The zero-order valence-electron chi connectivity index (χ0n) is 6.16. The van der Waals surface area contributed by atoms with E-state index in [2.05, 4.69) is 12.2 Å². The maximum absolute atomic E-state index is 10.6. The molecule has 0 unspecified atom stereocenters. The normalized spacial score (nSPS) is 33.6. The lowest BCUT2D eigenvalue weighted by Gasteiger charge is -2.09. The molecule has 0 saturated heterocycles. The SMILES string of the molecule is O=C(O)C1=CC[C@@H]2C=CC[C@H]12. The number of carbonyl (C=O) groups is 1. The fraction of sp³-hybridized carbons (Fsp3) is 0.444. The van der Waals surface area contributed by atoms with Gasteiger partial charge in [0.25, 0.3) is 0 Å². The number of hydrogen-bond acceptors (Lipinski definition) is 1. The van der Waals surface area contributed by atoms with Crippen LogP contribution in [0.1, 0.15) is 12.8 Å². The number of rotatable bonds is 1. The Hall–Kier alpha value is -1.05. The molecule has 1 N–H and O–H groups in total. The molecule has 0 aliphatic heterocycles. The molecule has 2 aliphatic rings. The Morgan fingerprint density at radius 3 is 3.09 bits per heavy atom. The lowest BCUT2D eigenvalue weighted by Crippen LogP contribution is -2.10. The van der Waals surface area contributed by atoms with Gasteiger partial charge >= 0.3 is 5.97 Å². The van der Waals surface area contributed by atoms with Crippen molar-refractivity contribution in [1.82, 2.24) is 0 Å². The molecule has 58 valence electrons. The van der Waals surface area contributed by atoms with Crippen LogP contribution in [0.3, 0.4) is 0 Å². The summed E-state index contributed by atoms with van der Waals surface area (Å²) in [5.41, 5.74) is 0.625. The van der Waals surface area contributed by atoms with Gasteiger partial charge in [0, 0.05) is 11.5 Å². The van der Waals surface area contributed by atoms with E-state index in [1.807, 2.05) is 6.08 Å². The van der Waals surface area contributed by atoms with E-state index in [-0.39, 0.29) is 5.92 Å². The van der Waals surface area contributed by atoms with Crippen molar-refractivity contribution in [2.24, 2.45) is 11.8 Å². The van der Waals surface area contributed by atoms with Crippen LogP contribution in [0, 0.1) is 11.8 Å². The summed E-state index contributed by atoms with van der Waals surface area (Å²) in [5, 5.41) is 8.76. The van der Waals surface area contributed by atoms with Gasteiger partial charge in [0.1, 0.15) is 0 Å². The summed E-state index contributed by atoms with van der Waals surface area (Å²) >= 11 is 0. The maximum atomic E-state index is 10.6. The summed E-state index contributed by atoms with van der Waals surface area (Å²) in [5.74, 6) is 0.0369. The maximum Gasteiger partial charge on any atom is 0.331 e. The molecule has 11 heavy (non-hydrogen) atoms. The summed E-state index contributed by atoms with van der Waals surface area (Å²) in [6, 6.07) is 0. The van der Waals surface area contributed by atoms with Gasteiger partial charge in [-0.05, 0) is 18.8 Å². The summed E-state index contributed by atoms with van der Waals surface area (Å²) in [6.07, 6.45) is 7.93. The van der Waals surface area contributed by atoms with Crippen LogP contribution in [-0.2, 0) is 4.79 Å². The minimum atomic E-state index is -0.735. The molecule has 0 radical (unpaired) electrons. The lowest BCUT2D eigenvalue weighted by atomic mass is 9.94. The largest absolute Gasteiger partial charge is 0.478 e. The quantitative estimate of drug-likeness (QED) is 0.576. The number of carboxylic acids is 1. The van der Waals surface area contributed by atoms with Gasteiger partial charge in [0.15, 0.2) is 0 Å². The first kappa shape index (κ1) is 6.65. The van der Waals surface area contributed by atoms with Crippen LogP contribution in [-0.4, -0.2) is 11.1 Å². The Morgan fingerprint density at radius 1 is 1.55 bits per heavy atom. The molecule has 0 bridgehead atoms. The van der Waals surface area contributed by atoms with Crippen molar-refractivity contribution < 1.29 is 9.90 Å². The van der Waals surface area contributed by atoms with Crippen LogP contribution in [0.25, 0.3) is 0 Å². The molecule has 0 fully saturated rings. The zero-order valence-corrected chi connectivity index (χ0v) is 6.16. The van der Waals surface area contributed by atoms with Gasteiger partial charge in [0.05, 0.1) is 0 Å². The van der Waals surface area contributed by atoms with Gasteiger partial charge in [-0.3, -0.25) is 0 Å². The Labute approximate surface area is 65.2 Å². The molecule has 2 heteroatoms. The number of hydrogen-bond donors (Lipinski definition) is 1. The molecule has 0 aromatic carbocycles. The molecule has 0 spiro atoms. The van der Waals surface area contributed by atoms with Crippen molar-refractivity contribution in [1.29, 1.82) is 0 Å². The van der Waals surface area contributed by atoms with Crippen LogP contribution in [0.2, 0.25) is 0 Å². The highest BCUT2D eigenvalue weighted by molar-refractivity contribution is 5.88. The van der Waals surface area contributed by atoms with Crippen LogP contribution >= 0.6 is 0 Å². The van der Waals surface area contributed by atoms with Gasteiger partial charge in [-0.2, -0.15) is 0 Å². The first-order valence-corrected chi connectivity index (χ1v) is 3.89. The van der Waals surface area contributed by atoms with Gasteiger partial charge in [-0.1, -0.05) is 18.2 Å². The van der Waals surface area contributed by atoms with E-state index < -0.39 is 5.97 Å². The highest BCUT2D eigenvalue weighted by Crippen LogP contribution is 2.39. The first-order chi connectivity index (χ1) is 5.29. The second kappa shape index (κ2) is 2.22. The van der Waals surface area contributed by atoms with Crippen LogP contribution in [0.5, 0.6) is 0 Å². The summed E-state index contributed by atoms with van der Waals surface area (Å²) in [7, 11) is 0. The minimum absolute atomic E-state index is 0.285. The molecule has 2 nitrogen and oxygen atoms in total. The van der Waals surface area contributed by atoms with Crippen LogP contribution in [0.4, 0.5) is 0 Å². The molecule has 0 aromatic rings. The van der Waals surface area contributed by atoms with E-state index >= 15 is 0 Å². The van der Waals surface area contributed by atoms with Crippen molar-refractivity contribution in [3.05, 3.63) is 23.8 Å². The summed E-state index contributed by atoms with van der Waals surface area (Å²) in [6.45, 7) is 0. The topological polar surface area (TPSA) is 37.3 Å². The third-order valence-electron chi connectivity index (χ3n) is 2.55. The first-order valence-electron chi connectivity index (χ1n) is 3.89. The van der Waals surface area contributed by atoms with Crippen LogP contribution < -0.4 is 0 Å². The standard InChI is InChI=1S/C9H10O2/c10-9(11)8-5-4-6-2-1-3-7(6)8/h1-2,5-7H,3-4H2,(H,10,11)/t6-,7-/m0/s1. The third-order valence-corrected chi connectivity index (χ3v) is 2.55. The average molecular weight is 150 g/mol. The minimum Gasteiger partial charge on any atom is -0.478 e. The van der Waals surface area contributed by atoms with Crippen molar-refractivity contribution in [3.63, 3.8) is 0 Å². The van der Waals surface area contributed by atoms with E-state index in [1.165, 1.54) is 0 Å². The number of carboxylic acid groups (broad SMARTS) is 1. The highest BCUT2D eigenvalue weighted by Gasteiger charge is 2.33. The second-order valence-electron chi connectivity index (χ2n) is 3.13. The van der Waals surface area contributed by atoms with Crippen molar-refractivity contribution in [2.45, 2.75) is 12.8 Å². The highest BCUT2D eigenvalue weighted by atomic mass is 16.4. The number of allylic oxidation sites excluding steroid dienone is 3. The Bertz CT molecular complexity index is 250. The van der Waals surface area contributed by atoms with Crippen molar-refractivity contribution >= 4 is 5.97 Å². The average Bonchev–Trinajstić information content (AvgIpc) is 2.41. The van der Waals surface area contributed by atoms with E-state index in [1.54, 1.807) is 0 Å². The molecule has 0 heterocycles. The molecule has 0 amide bonds. The van der Waals surface area contributed by atoms with Gasteiger partial charge < -0.3 is 5.11 Å². The van der Waals surface area contributed by atoms with E-state index in [0.29, 0.717) is 11.5 Å². The smallest absolute Gasteiger partial charge is 0.331 e. The number of fused-ring (bicyclic) bond motifs is 1. The van der Waals surface area contributed by atoms with E-state index in [4.69, 9.17) is 5.11 Å². The lowest BCUT2D eigenvalue weighted by molar-refractivity contribution is -0.133. The van der Waals surface area contributed by atoms with Crippen molar-refractivity contribution in [3.8, 4) is 0 Å². The monoisotopic (exact) mass is 150 g/mol.